The molecule has 2 saturated heterocycles. The fourth-order valence-corrected chi connectivity index (χ4v) is 4.90. The summed E-state index contributed by atoms with van der Waals surface area (Å²) in [6.45, 7) is 3.31. The lowest BCUT2D eigenvalue weighted by Gasteiger charge is -2.36. The number of rotatable bonds is 4. The van der Waals surface area contributed by atoms with Gasteiger partial charge in [-0.05, 0) is 31.5 Å². The van der Waals surface area contributed by atoms with Crippen LogP contribution in [0.3, 0.4) is 0 Å². The number of hydrogen-bond donors (Lipinski definition) is 0. The van der Waals surface area contributed by atoms with Crippen molar-refractivity contribution in [3.05, 3.63) is 39.9 Å². The Balaban J connectivity index is 1.69. The zero-order valence-electron chi connectivity index (χ0n) is 13.1. The third kappa shape index (κ3) is 2.48. The number of β-lactam (4-membered cyclic amide) rings is 1. The molecular formula is C15H16N2O6S. The van der Waals surface area contributed by atoms with E-state index in [0.29, 0.717) is 5.56 Å². The summed E-state index contributed by atoms with van der Waals surface area (Å²) in [5.74, 6) is -0.807. The van der Waals surface area contributed by atoms with Crippen molar-refractivity contribution in [2.45, 2.75) is 43.0 Å². The van der Waals surface area contributed by atoms with Crippen molar-refractivity contribution in [2.24, 2.45) is 0 Å². The summed E-state index contributed by atoms with van der Waals surface area (Å²) in [6.07, 6.45) is 0.197. The van der Waals surface area contributed by atoms with Crippen molar-refractivity contribution >= 4 is 28.4 Å². The number of nitro benzene ring substituents is 1. The van der Waals surface area contributed by atoms with Crippen molar-refractivity contribution in [1.82, 2.24) is 4.90 Å². The number of carbonyl (C=O) groups excluding carboxylic acids is 2. The Bertz CT molecular complexity index is 745. The first-order valence-corrected chi connectivity index (χ1v) is 8.56. The summed E-state index contributed by atoms with van der Waals surface area (Å²) < 4.78 is 16.8. The molecule has 2 aliphatic rings. The number of carbonyl (C=O) groups is 2. The van der Waals surface area contributed by atoms with Gasteiger partial charge < -0.3 is 9.64 Å². The maximum Gasteiger partial charge on any atom is 0.330 e. The first kappa shape index (κ1) is 16.6. The van der Waals surface area contributed by atoms with Crippen molar-refractivity contribution in [2.75, 3.05) is 0 Å². The minimum absolute atomic E-state index is 0.0496. The number of nitrogens with zero attached hydrogens (tertiary/aromatic N) is 2. The van der Waals surface area contributed by atoms with Gasteiger partial charge >= 0.3 is 5.97 Å². The minimum atomic E-state index is -1.32. The lowest BCUT2D eigenvalue weighted by molar-refractivity contribution is -0.384. The zero-order valence-corrected chi connectivity index (χ0v) is 13.9. The van der Waals surface area contributed by atoms with E-state index in [9.17, 15) is 23.9 Å². The van der Waals surface area contributed by atoms with E-state index in [2.05, 4.69) is 0 Å². The highest BCUT2D eigenvalue weighted by molar-refractivity contribution is 7.87. The highest BCUT2D eigenvalue weighted by Crippen LogP contribution is 2.43. The summed E-state index contributed by atoms with van der Waals surface area (Å²) in [5.41, 5.74) is 0.545. The lowest BCUT2D eigenvalue weighted by Crippen LogP contribution is -2.57. The molecule has 1 aromatic rings. The normalized spacial score (nSPS) is 27.3. The number of fused-ring (bicyclic) bond motifs is 1. The van der Waals surface area contributed by atoms with Crippen molar-refractivity contribution in [3.63, 3.8) is 0 Å². The van der Waals surface area contributed by atoms with E-state index >= 15 is 0 Å². The largest absolute Gasteiger partial charge is 0.459 e. The third-order valence-corrected chi connectivity index (χ3v) is 6.55. The van der Waals surface area contributed by atoms with Crippen LogP contribution in [0.1, 0.15) is 25.8 Å². The first-order chi connectivity index (χ1) is 11.2. The van der Waals surface area contributed by atoms with Gasteiger partial charge in [-0.1, -0.05) is 0 Å². The van der Waals surface area contributed by atoms with Crippen molar-refractivity contribution < 1.29 is 23.5 Å². The molecule has 0 bridgehead atoms. The predicted molar refractivity (Wildman–Crippen MR) is 84.2 cm³/mol. The number of amides is 1. The Hall–Kier alpha value is -2.29. The van der Waals surface area contributed by atoms with E-state index < -0.39 is 37.9 Å². The van der Waals surface area contributed by atoms with Crippen LogP contribution < -0.4 is 0 Å². The Kier molecular flexibility index (Phi) is 3.90. The van der Waals surface area contributed by atoms with Gasteiger partial charge in [0.25, 0.3) is 5.69 Å². The quantitative estimate of drug-likeness (QED) is 0.348. The van der Waals surface area contributed by atoms with Crippen LogP contribution in [0.25, 0.3) is 0 Å². The molecule has 0 aromatic heterocycles. The summed E-state index contributed by atoms with van der Waals surface area (Å²) >= 11 is 0. The summed E-state index contributed by atoms with van der Waals surface area (Å²) in [4.78, 5) is 35.6. The standard InChI is InChI=1S/C15H16N2O6S/c1-15(2)13(16-11(18)7-12(16)24(15)22)14(19)23-8-9-3-5-10(6-4-9)17(20)21/h3-6,12-13H,7-8H2,1-2H3/t12-,13?,24?/m1/s1. The maximum atomic E-state index is 12.4. The SMILES string of the molecule is CC1(C)C(C(=O)OCc2ccc([N+](=O)[O-])cc2)N2C(=O)C[C@H]2S1=O. The number of esters is 1. The molecule has 2 heterocycles. The van der Waals surface area contributed by atoms with Gasteiger partial charge in [-0.25, -0.2) is 4.79 Å². The van der Waals surface area contributed by atoms with Crippen LogP contribution in [-0.2, 0) is 31.7 Å². The Morgan fingerprint density at radius 2 is 2.04 bits per heavy atom. The second-order valence-corrected chi connectivity index (χ2v) is 8.49. The molecule has 1 amide bonds. The molecule has 2 fully saturated rings. The number of non-ortho nitro benzene ring substituents is 1. The Morgan fingerprint density at radius 3 is 2.58 bits per heavy atom. The summed E-state index contributed by atoms with van der Waals surface area (Å²) in [5, 5.41) is 10.2. The maximum absolute atomic E-state index is 12.4. The zero-order chi connectivity index (χ0) is 17.6. The van der Waals surface area contributed by atoms with Gasteiger partial charge in [0.2, 0.25) is 5.91 Å². The van der Waals surface area contributed by atoms with E-state index in [0.717, 1.165) is 0 Å². The van der Waals surface area contributed by atoms with Crippen LogP contribution in [0, 0.1) is 10.1 Å². The molecule has 0 saturated carbocycles. The summed E-state index contributed by atoms with van der Waals surface area (Å²) in [7, 11) is -1.32. The number of hydrogen-bond acceptors (Lipinski definition) is 6. The molecule has 2 unspecified atom stereocenters. The summed E-state index contributed by atoms with van der Waals surface area (Å²) in [6, 6.07) is 4.78. The predicted octanol–water partition coefficient (Wildman–Crippen LogP) is 1.11. The molecule has 3 rings (SSSR count). The van der Waals surface area contributed by atoms with Crippen molar-refractivity contribution in [3.8, 4) is 0 Å². The second kappa shape index (κ2) is 5.66. The van der Waals surface area contributed by atoms with Gasteiger partial charge in [-0.2, -0.15) is 0 Å². The topological polar surface area (TPSA) is 107 Å². The van der Waals surface area contributed by atoms with Crippen LogP contribution in [0.2, 0.25) is 0 Å². The molecule has 8 nitrogen and oxygen atoms in total. The van der Waals surface area contributed by atoms with Gasteiger partial charge in [0.05, 0.1) is 26.9 Å². The Morgan fingerprint density at radius 1 is 1.42 bits per heavy atom. The van der Waals surface area contributed by atoms with Crippen LogP contribution in [0.15, 0.2) is 24.3 Å². The van der Waals surface area contributed by atoms with Gasteiger partial charge in [-0.3, -0.25) is 19.1 Å². The highest BCUT2D eigenvalue weighted by atomic mass is 32.2. The second-order valence-electron chi connectivity index (χ2n) is 6.29. The molecule has 3 atom stereocenters. The number of benzene rings is 1. The van der Waals surface area contributed by atoms with E-state index in [1.807, 2.05) is 0 Å². The molecule has 0 aliphatic carbocycles. The first-order valence-electron chi connectivity index (χ1n) is 7.35. The number of ether oxygens (including phenoxy) is 1. The molecular weight excluding hydrogens is 336 g/mol. The van der Waals surface area contributed by atoms with Crippen LogP contribution in [0.5, 0.6) is 0 Å². The molecule has 0 spiro atoms. The molecule has 24 heavy (non-hydrogen) atoms. The third-order valence-electron chi connectivity index (χ3n) is 4.40. The molecule has 1 aromatic carbocycles. The van der Waals surface area contributed by atoms with E-state index in [-0.39, 0.29) is 24.6 Å². The number of nitro groups is 1. The smallest absolute Gasteiger partial charge is 0.330 e. The van der Waals surface area contributed by atoms with Gasteiger partial charge in [0, 0.05) is 12.1 Å². The van der Waals surface area contributed by atoms with Gasteiger partial charge in [0.15, 0.2) is 0 Å². The average Bonchev–Trinajstić information content (AvgIpc) is 2.69. The van der Waals surface area contributed by atoms with Crippen LogP contribution >= 0.6 is 0 Å². The molecule has 128 valence electrons. The van der Waals surface area contributed by atoms with Gasteiger partial charge in [0.1, 0.15) is 18.0 Å². The van der Waals surface area contributed by atoms with E-state index in [1.54, 1.807) is 13.8 Å². The average molecular weight is 352 g/mol. The highest BCUT2D eigenvalue weighted by Gasteiger charge is 2.63. The van der Waals surface area contributed by atoms with Gasteiger partial charge in [-0.15, -0.1) is 0 Å². The lowest BCUT2D eigenvalue weighted by atomic mass is 9.98. The minimum Gasteiger partial charge on any atom is -0.459 e. The molecule has 0 radical (unpaired) electrons. The van der Waals surface area contributed by atoms with Crippen LogP contribution in [0.4, 0.5) is 5.69 Å². The Labute approximate surface area is 140 Å². The fourth-order valence-electron chi connectivity index (χ4n) is 3.03. The molecule has 9 heteroatoms. The monoisotopic (exact) mass is 352 g/mol. The van der Waals surface area contributed by atoms with E-state index in [1.165, 1.54) is 29.2 Å². The molecule has 0 N–H and O–H groups in total. The van der Waals surface area contributed by atoms with Crippen LogP contribution in [-0.4, -0.2) is 42.1 Å². The fraction of sp³-hybridized carbons (Fsp3) is 0.467. The van der Waals surface area contributed by atoms with Crippen molar-refractivity contribution in [1.29, 1.82) is 0 Å². The molecule has 2 aliphatic heterocycles. The van der Waals surface area contributed by atoms with E-state index in [4.69, 9.17) is 4.74 Å².